The van der Waals surface area contributed by atoms with Crippen LogP contribution in [0.3, 0.4) is 0 Å². The number of anilines is 1. The summed E-state index contributed by atoms with van der Waals surface area (Å²) in [6.45, 7) is 8.80. The number of nitrogens with zero attached hydrogens (tertiary/aromatic N) is 2. The number of imidazole rings is 1. The van der Waals surface area contributed by atoms with Gasteiger partial charge in [0.1, 0.15) is 22.9 Å². The Bertz CT molecular complexity index is 849. The Morgan fingerprint density at radius 2 is 1.91 bits per heavy atom. The van der Waals surface area contributed by atoms with Crippen LogP contribution in [-0.2, 0) is 0 Å². The van der Waals surface area contributed by atoms with Gasteiger partial charge >= 0.3 is 0 Å². The molecule has 0 aliphatic carbocycles. The van der Waals surface area contributed by atoms with Crippen LogP contribution in [0.4, 0.5) is 5.82 Å². The zero-order valence-corrected chi connectivity index (χ0v) is 13.5. The summed E-state index contributed by atoms with van der Waals surface area (Å²) in [6.07, 6.45) is 0. The van der Waals surface area contributed by atoms with Crippen molar-refractivity contribution in [2.75, 3.05) is 12.3 Å². The van der Waals surface area contributed by atoms with E-state index in [1.807, 2.05) is 43.4 Å². The van der Waals surface area contributed by atoms with E-state index in [1.54, 1.807) is 0 Å². The molecular formula is C18H21N3O. The molecule has 3 aromatic rings. The Kier molecular flexibility index (Phi) is 3.53. The summed E-state index contributed by atoms with van der Waals surface area (Å²) in [5.74, 6) is 1.60. The van der Waals surface area contributed by atoms with E-state index in [0.717, 1.165) is 39.5 Å². The molecule has 4 nitrogen and oxygen atoms in total. The molecule has 0 amide bonds. The minimum atomic E-state index is 0.662. The number of fused-ring (bicyclic) bond motifs is 1. The third-order valence-electron chi connectivity index (χ3n) is 3.95. The zero-order chi connectivity index (χ0) is 15.9. The first kappa shape index (κ1) is 14.4. The molecule has 0 saturated carbocycles. The molecule has 2 aromatic heterocycles. The maximum atomic E-state index is 6.36. The van der Waals surface area contributed by atoms with Crippen LogP contribution in [0, 0.1) is 20.8 Å². The Labute approximate surface area is 130 Å². The molecule has 1 aromatic carbocycles. The SMILES string of the molecule is CCOc1cc(C)c(-c2nc3cccc(C)n3c2N)cc1C. The van der Waals surface area contributed by atoms with Crippen LogP contribution in [0.25, 0.3) is 16.9 Å². The van der Waals surface area contributed by atoms with Crippen molar-refractivity contribution in [2.45, 2.75) is 27.7 Å². The van der Waals surface area contributed by atoms with Crippen molar-refractivity contribution in [3.63, 3.8) is 0 Å². The molecule has 0 atom stereocenters. The Balaban J connectivity index is 2.22. The predicted molar refractivity (Wildman–Crippen MR) is 90.4 cm³/mol. The van der Waals surface area contributed by atoms with Gasteiger partial charge in [0.15, 0.2) is 0 Å². The number of nitrogen functional groups attached to an aromatic ring is 1. The molecule has 0 aliphatic heterocycles. The molecule has 3 rings (SSSR count). The van der Waals surface area contributed by atoms with E-state index in [2.05, 4.69) is 19.1 Å². The number of nitrogens with two attached hydrogens (primary N) is 1. The number of hydrogen-bond acceptors (Lipinski definition) is 3. The van der Waals surface area contributed by atoms with E-state index in [1.165, 1.54) is 0 Å². The van der Waals surface area contributed by atoms with Crippen molar-refractivity contribution >= 4 is 11.5 Å². The van der Waals surface area contributed by atoms with Crippen LogP contribution in [0.2, 0.25) is 0 Å². The van der Waals surface area contributed by atoms with Crippen LogP contribution in [0.15, 0.2) is 30.3 Å². The largest absolute Gasteiger partial charge is 0.494 e. The summed E-state index contributed by atoms with van der Waals surface area (Å²) < 4.78 is 7.65. The number of ether oxygens (including phenoxy) is 1. The molecule has 2 N–H and O–H groups in total. The second-order valence-electron chi connectivity index (χ2n) is 5.57. The van der Waals surface area contributed by atoms with Gasteiger partial charge in [-0.05, 0) is 63.1 Å². The lowest BCUT2D eigenvalue weighted by molar-refractivity contribution is 0.337. The van der Waals surface area contributed by atoms with Crippen LogP contribution in [0.1, 0.15) is 23.7 Å². The van der Waals surface area contributed by atoms with E-state index in [4.69, 9.17) is 15.5 Å². The molecule has 0 unspecified atom stereocenters. The second-order valence-corrected chi connectivity index (χ2v) is 5.57. The summed E-state index contributed by atoms with van der Waals surface area (Å²) in [4.78, 5) is 4.72. The van der Waals surface area contributed by atoms with Gasteiger partial charge in [-0.25, -0.2) is 4.98 Å². The van der Waals surface area contributed by atoms with Crippen molar-refractivity contribution in [2.24, 2.45) is 0 Å². The normalized spacial score (nSPS) is 11.1. The lowest BCUT2D eigenvalue weighted by Crippen LogP contribution is -1.99. The van der Waals surface area contributed by atoms with Crippen LogP contribution < -0.4 is 10.5 Å². The minimum absolute atomic E-state index is 0.662. The highest BCUT2D eigenvalue weighted by molar-refractivity contribution is 5.78. The molecular weight excluding hydrogens is 274 g/mol. The molecule has 2 heterocycles. The fourth-order valence-electron chi connectivity index (χ4n) is 2.84. The van der Waals surface area contributed by atoms with Gasteiger partial charge in [-0.3, -0.25) is 4.40 Å². The second kappa shape index (κ2) is 5.37. The Morgan fingerprint density at radius 1 is 1.14 bits per heavy atom. The Morgan fingerprint density at radius 3 is 2.59 bits per heavy atom. The quantitative estimate of drug-likeness (QED) is 0.797. The van der Waals surface area contributed by atoms with E-state index >= 15 is 0 Å². The minimum Gasteiger partial charge on any atom is -0.494 e. The predicted octanol–water partition coefficient (Wildman–Crippen LogP) is 3.91. The first-order chi connectivity index (χ1) is 10.5. The van der Waals surface area contributed by atoms with Gasteiger partial charge in [-0.2, -0.15) is 0 Å². The highest BCUT2D eigenvalue weighted by atomic mass is 16.5. The molecule has 4 heteroatoms. The molecule has 0 fully saturated rings. The van der Waals surface area contributed by atoms with E-state index in [-0.39, 0.29) is 0 Å². The molecule has 0 saturated heterocycles. The lowest BCUT2D eigenvalue weighted by Gasteiger charge is -2.12. The van der Waals surface area contributed by atoms with E-state index < -0.39 is 0 Å². The topological polar surface area (TPSA) is 52.5 Å². The molecule has 22 heavy (non-hydrogen) atoms. The fraction of sp³-hybridized carbons (Fsp3) is 0.278. The van der Waals surface area contributed by atoms with Gasteiger partial charge in [0.05, 0.1) is 6.61 Å². The molecule has 114 valence electrons. The van der Waals surface area contributed by atoms with Gasteiger partial charge < -0.3 is 10.5 Å². The first-order valence-corrected chi connectivity index (χ1v) is 7.51. The number of pyridine rings is 1. The first-order valence-electron chi connectivity index (χ1n) is 7.51. The summed E-state index contributed by atoms with van der Waals surface area (Å²) in [7, 11) is 0. The number of hydrogen-bond donors (Lipinski definition) is 1. The van der Waals surface area contributed by atoms with Gasteiger partial charge in [0, 0.05) is 11.3 Å². The Hall–Kier alpha value is -2.49. The van der Waals surface area contributed by atoms with Gasteiger partial charge in [-0.1, -0.05) is 6.07 Å². The van der Waals surface area contributed by atoms with Gasteiger partial charge in [-0.15, -0.1) is 0 Å². The third-order valence-corrected chi connectivity index (χ3v) is 3.95. The van der Waals surface area contributed by atoms with Crippen molar-refractivity contribution in [1.29, 1.82) is 0 Å². The zero-order valence-electron chi connectivity index (χ0n) is 13.5. The van der Waals surface area contributed by atoms with Crippen molar-refractivity contribution in [3.05, 3.63) is 47.2 Å². The monoisotopic (exact) mass is 295 g/mol. The highest BCUT2D eigenvalue weighted by Crippen LogP contribution is 2.33. The fourth-order valence-corrected chi connectivity index (χ4v) is 2.84. The van der Waals surface area contributed by atoms with Crippen LogP contribution in [-0.4, -0.2) is 16.0 Å². The van der Waals surface area contributed by atoms with Crippen molar-refractivity contribution in [3.8, 4) is 17.0 Å². The van der Waals surface area contributed by atoms with Gasteiger partial charge in [0.2, 0.25) is 0 Å². The third kappa shape index (κ3) is 2.21. The summed E-state index contributed by atoms with van der Waals surface area (Å²) >= 11 is 0. The lowest BCUT2D eigenvalue weighted by atomic mass is 10.0. The van der Waals surface area contributed by atoms with Crippen LogP contribution in [0.5, 0.6) is 5.75 Å². The summed E-state index contributed by atoms with van der Waals surface area (Å²) in [5, 5.41) is 0. The number of benzene rings is 1. The maximum absolute atomic E-state index is 6.36. The average Bonchev–Trinajstić information content (AvgIpc) is 2.81. The van der Waals surface area contributed by atoms with Crippen molar-refractivity contribution < 1.29 is 4.74 Å². The van der Waals surface area contributed by atoms with Crippen molar-refractivity contribution in [1.82, 2.24) is 9.38 Å². The smallest absolute Gasteiger partial charge is 0.139 e. The standard InChI is InChI=1S/C18H21N3O/c1-5-22-15-10-11(2)14(9-12(15)3)17-18(19)21-13(4)7-6-8-16(21)20-17/h6-10H,5,19H2,1-4H3. The molecule has 0 radical (unpaired) electrons. The molecule has 0 bridgehead atoms. The summed E-state index contributed by atoms with van der Waals surface area (Å²) in [6, 6.07) is 10.2. The van der Waals surface area contributed by atoms with Crippen LogP contribution >= 0.6 is 0 Å². The number of aryl methyl sites for hydroxylation is 3. The van der Waals surface area contributed by atoms with E-state index in [9.17, 15) is 0 Å². The summed E-state index contributed by atoms with van der Waals surface area (Å²) in [5.41, 5.74) is 12.4. The van der Waals surface area contributed by atoms with Gasteiger partial charge in [0.25, 0.3) is 0 Å². The number of aromatic nitrogens is 2. The molecule has 0 spiro atoms. The number of rotatable bonds is 3. The maximum Gasteiger partial charge on any atom is 0.139 e. The van der Waals surface area contributed by atoms with E-state index in [0.29, 0.717) is 12.4 Å². The average molecular weight is 295 g/mol. The molecule has 0 aliphatic rings. The highest BCUT2D eigenvalue weighted by Gasteiger charge is 2.16.